The first kappa shape index (κ1) is 11.1. The van der Waals surface area contributed by atoms with E-state index in [-0.39, 0.29) is 6.04 Å². The highest BCUT2D eigenvalue weighted by atomic mass is 79.9. The summed E-state index contributed by atoms with van der Waals surface area (Å²) in [6.07, 6.45) is 1.77. The summed E-state index contributed by atoms with van der Waals surface area (Å²) in [5.74, 6) is -0.693. The van der Waals surface area contributed by atoms with Gasteiger partial charge in [-0.15, -0.1) is 11.3 Å². The summed E-state index contributed by atoms with van der Waals surface area (Å²) in [5.41, 5.74) is 1.19. The molecule has 2 heterocycles. The Morgan fingerprint density at radius 1 is 1.73 bits per heavy atom. The van der Waals surface area contributed by atoms with Gasteiger partial charge in [0.05, 0.1) is 3.79 Å². The molecule has 1 aliphatic heterocycles. The zero-order valence-electron chi connectivity index (χ0n) is 8.15. The number of halogens is 1. The highest BCUT2D eigenvalue weighted by Gasteiger charge is 2.30. The van der Waals surface area contributed by atoms with Crippen molar-refractivity contribution in [3.8, 4) is 0 Å². The largest absolute Gasteiger partial charge is 0.480 e. The molecule has 0 radical (unpaired) electrons. The van der Waals surface area contributed by atoms with Crippen LogP contribution in [0.1, 0.15) is 18.4 Å². The number of likely N-dealkylation sites (tertiary alicyclic amines) is 1. The number of carboxylic acids is 1. The standard InChI is InChI=1S/C10H12BrNO2S/c11-9-4-7(6-15-9)5-12-3-1-2-8(12)10(13)14/h4,6,8H,1-3,5H2,(H,13,14)/t8-/m1/s1. The monoisotopic (exact) mass is 289 g/mol. The van der Waals surface area contributed by atoms with Gasteiger partial charge in [0.1, 0.15) is 6.04 Å². The van der Waals surface area contributed by atoms with Crippen LogP contribution in [0.15, 0.2) is 15.2 Å². The lowest BCUT2D eigenvalue weighted by Gasteiger charge is -2.20. The average molecular weight is 290 g/mol. The van der Waals surface area contributed by atoms with Crippen LogP contribution in [-0.2, 0) is 11.3 Å². The van der Waals surface area contributed by atoms with Gasteiger partial charge in [-0.1, -0.05) is 0 Å². The lowest BCUT2D eigenvalue weighted by molar-refractivity contribution is -0.142. The van der Waals surface area contributed by atoms with Crippen LogP contribution in [0.25, 0.3) is 0 Å². The molecule has 0 spiro atoms. The van der Waals surface area contributed by atoms with Gasteiger partial charge in [-0.05, 0) is 52.3 Å². The maximum Gasteiger partial charge on any atom is 0.320 e. The third kappa shape index (κ3) is 2.59. The molecule has 0 saturated carbocycles. The van der Waals surface area contributed by atoms with E-state index < -0.39 is 5.97 Å². The Labute approximate surface area is 101 Å². The lowest BCUT2D eigenvalue weighted by Crippen LogP contribution is -2.35. The lowest BCUT2D eigenvalue weighted by atomic mass is 10.2. The Balaban J connectivity index is 2.02. The van der Waals surface area contributed by atoms with Crippen molar-refractivity contribution >= 4 is 33.2 Å². The van der Waals surface area contributed by atoms with E-state index in [0.29, 0.717) is 0 Å². The van der Waals surface area contributed by atoms with Crippen LogP contribution < -0.4 is 0 Å². The van der Waals surface area contributed by atoms with Crippen molar-refractivity contribution in [2.24, 2.45) is 0 Å². The molecule has 0 bridgehead atoms. The van der Waals surface area contributed by atoms with Gasteiger partial charge in [-0.25, -0.2) is 0 Å². The van der Waals surface area contributed by atoms with Gasteiger partial charge < -0.3 is 5.11 Å². The molecule has 1 aromatic rings. The SMILES string of the molecule is O=C(O)[C@H]1CCCN1Cc1csc(Br)c1. The van der Waals surface area contributed by atoms with Crippen molar-refractivity contribution in [1.82, 2.24) is 4.90 Å². The summed E-state index contributed by atoms with van der Waals surface area (Å²) < 4.78 is 1.10. The van der Waals surface area contributed by atoms with Gasteiger partial charge in [-0.2, -0.15) is 0 Å². The van der Waals surface area contributed by atoms with Crippen molar-refractivity contribution in [1.29, 1.82) is 0 Å². The molecular weight excluding hydrogens is 278 g/mol. The van der Waals surface area contributed by atoms with Crippen LogP contribution in [0.4, 0.5) is 0 Å². The number of hydrogen-bond donors (Lipinski definition) is 1. The van der Waals surface area contributed by atoms with Crippen molar-refractivity contribution in [2.45, 2.75) is 25.4 Å². The molecular formula is C10H12BrNO2S. The van der Waals surface area contributed by atoms with E-state index in [2.05, 4.69) is 27.4 Å². The van der Waals surface area contributed by atoms with Crippen molar-refractivity contribution in [2.75, 3.05) is 6.54 Å². The van der Waals surface area contributed by atoms with Gasteiger partial charge in [0.15, 0.2) is 0 Å². The molecule has 1 atom stereocenters. The number of carbonyl (C=O) groups is 1. The Hall–Kier alpha value is -0.390. The molecule has 1 fully saturated rings. The highest BCUT2D eigenvalue weighted by molar-refractivity contribution is 9.11. The average Bonchev–Trinajstić information content (AvgIpc) is 2.75. The third-order valence-corrected chi connectivity index (χ3v) is 4.21. The van der Waals surface area contributed by atoms with E-state index >= 15 is 0 Å². The number of nitrogens with zero attached hydrogens (tertiary/aromatic N) is 1. The zero-order valence-corrected chi connectivity index (χ0v) is 10.6. The minimum atomic E-state index is -0.693. The fourth-order valence-corrected chi connectivity index (χ4v) is 3.16. The minimum Gasteiger partial charge on any atom is -0.480 e. The maximum absolute atomic E-state index is 11.0. The third-order valence-electron chi connectivity index (χ3n) is 2.66. The first-order valence-electron chi connectivity index (χ1n) is 4.86. The highest BCUT2D eigenvalue weighted by Crippen LogP contribution is 2.25. The normalized spacial score (nSPS) is 22.1. The molecule has 0 aromatic carbocycles. The molecule has 2 rings (SSSR count). The smallest absolute Gasteiger partial charge is 0.320 e. The van der Waals surface area contributed by atoms with E-state index in [1.807, 2.05) is 4.90 Å². The summed E-state index contributed by atoms with van der Waals surface area (Å²) in [4.78, 5) is 13.0. The second-order valence-corrected chi connectivity index (χ2v) is 6.02. The summed E-state index contributed by atoms with van der Waals surface area (Å²) in [7, 11) is 0. The summed E-state index contributed by atoms with van der Waals surface area (Å²) >= 11 is 5.05. The number of aliphatic carboxylic acids is 1. The van der Waals surface area contributed by atoms with E-state index in [9.17, 15) is 4.79 Å². The summed E-state index contributed by atoms with van der Waals surface area (Å²) in [6.45, 7) is 1.64. The van der Waals surface area contributed by atoms with Crippen molar-refractivity contribution in [3.63, 3.8) is 0 Å². The van der Waals surface area contributed by atoms with Gasteiger partial charge in [-0.3, -0.25) is 9.69 Å². The van der Waals surface area contributed by atoms with Crippen molar-refractivity contribution < 1.29 is 9.90 Å². The minimum absolute atomic E-state index is 0.288. The maximum atomic E-state index is 11.0. The van der Waals surface area contributed by atoms with Gasteiger partial charge in [0.2, 0.25) is 0 Å². The Bertz CT molecular complexity index is 366. The molecule has 82 valence electrons. The second kappa shape index (κ2) is 4.63. The quantitative estimate of drug-likeness (QED) is 0.930. The van der Waals surface area contributed by atoms with Gasteiger partial charge >= 0.3 is 5.97 Å². The molecule has 0 unspecified atom stereocenters. The number of carboxylic acid groups (broad SMARTS) is 1. The molecule has 1 aromatic heterocycles. The van der Waals surface area contributed by atoms with E-state index in [1.165, 1.54) is 5.56 Å². The predicted octanol–water partition coefficient (Wildman–Crippen LogP) is 2.56. The Morgan fingerprint density at radius 2 is 2.53 bits per heavy atom. The first-order chi connectivity index (χ1) is 7.16. The van der Waals surface area contributed by atoms with E-state index in [4.69, 9.17) is 5.11 Å². The van der Waals surface area contributed by atoms with Crippen LogP contribution >= 0.6 is 27.3 Å². The van der Waals surface area contributed by atoms with Gasteiger partial charge in [0.25, 0.3) is 0 Å². The molecule has 1 N–H and O–H groups in total. The zero-order chi connectivity index (χ0) is 10.8. The molecule has 15 heavy (non-hydrogen) atoms. The first-order valence-corrected chi connectivity index (χ1v) is 6.54. The van der Waals surface area contributed by atoms with Crippen LogP contribution in [0.3, 0.4) is 0 Å². The fourth-order valence-electron chi connectivity index (χ4n) is 1.96. The Morgan fingerprint density at radius 3 is 3.13 bits per heavy atom. The predicted molar refractivity (Wildman–Crippen MR) is 63.1 cm³/mol. The topological polar surface area (TPSA) is 40.5 Å². The molecule has 0 amide bonds. The molecule has 3 nitrogen and oxygen atoms in total. The van der Waals surface area contributed by atoms with Crippen LogP contribution in [0.2, 0.25) is 0 Å². The van der Waals surface area contributed by atoms with Crippen LogP contribution in [0.5, 0.6) is 0 Å². The summed E-state index contributed by atoms with van der Waals surface area (Å²) in [6, 6.07) is 1.77. The molecule has 1 aliphatic rings. The van der Waals surface area contributed by atoms with E-state index in [1.54, 1.807) is 11.3 Å². The number of thiophene rings is 1. The second-order valence-electron chi connectivity index (χ2n) is 3.73. The summed E-state index contributed by atoms with van der Waals surface area (Å²) in [5, 5.41) is 11.1. The van der Waals surface area contributed by atoms with Gasteiger partial charge in [0, 0.05) is 6.54 Å². The van der Waals surface area contributed by atoms with Crippen LogP contribution in [0, 0.1) is 0 Å². The van der Waals surface area contributed by atoms with Crippen LogP contribution in [-0.4, -0.2) is 28.6 Å². The molecule has 1 saturated heterocycles. The Kier molecular flexibility index (Phi) is 3.43. The fraction of sp³-hybridized carbons (Fsp3) is 0.500. The molecule has 5 heteroatoms. The number of rotatable bonds is 3. The molecule has 0 aliphatic carbocycles. The van der Waals surface area contributed by atoms with E-state index in [0.717, 1.165) is 29.7 Å². The van der Waals surface area contributed by atoms with Crippen molar-refractivity contribution in [3.05, 3.63) is 20.8 Å². The number of hydrogen-bond acceptors (Lipinski definition) is 3.